The minimum atomic E-state index is -0.186. The van der Waals surface area contributed by atoms with E-state index in [0.29, 0.717) is 18.1 Å². The van der Waals surface area contributed by atoms with Crippen molar-refractivity contribution in [3.8, 4) is 11.6 Å². The molecule has 0 atom stereocenters. The van der Waals surface area contributed by atoms with Gasteiger partial charge in [-0.3, -0.25) is 9.88 Å². The molecule has 1 N–H and O–H groups in total. The first kappa shape index (κ1) is 20.3. The van der Waals surface area contributed by atoms with Crippen molar-refractivity contribution in [2.24, 2.45) is 0 Å². The molecule has 0 aliphatic carbocycles. The van der Waals surface area contributed by atoms with Gasteiger partial charge < -0.3 is 10.1 Å². The monoisotopic (exact) mass is 390 g/mol. The number of aryl methyl sites for hydroxylation is 1. The Labute approximate surface area is 171 Å². The zero-order valence-electron chi connectivity index (χ0n) is 17.2. The van der Waals surface area contributed by atoms with Gasteiger partial charge >= 0.3 is 6.03 Å². The fraction of sp³-hybridized carbons (Fsp3) is 0.261. The summed E-state index contributed by atoms with van der Waals surface area (Å²) in [6.07, 6.45) is 5.11. The van der Waals surface area contributed by atoms with E-state index >= 15 is 0 Å². The molecule has 29 heavy (non-hydrogen) atoms. The number of nitrogens with one attached hydrogen (secondary N) is 1. The highest BCUT2D eigenvalue weighted by Gasteiger charge is 2.18. The van der Waals surface area contributed by atoms with Crippen molar-refractivity contribution in [2.75, 3.05) is 4.90 Å². The van der Waals surface area contributed by atoms with Crippen molar-refractivity contribution in [3.63, 3.8) is 0 Å². The zero-order chi connectivity index (χ0) is 20.8. The number of ether oxygens (including phenoxy) is 1. The molecule has 6 nitrogen and oxygen atoms in total. The Hall–Kier alpha value is -3.41. The second-order valence-corrected chi connectivity index (χ2v) is 7.21. The smallest absolute Gasteiger partial charge is 0.322 e. The lowest BCUT2D eigenvalue weighted by atomic mass is 10.1. The SMILES string of the molecule is Cc1cccc(Oc2ccc(N(Cc3cccnc3)C(=O)NC(C)C)cn2)c1C. The quantitative estimate of drug-likeness (QED) is 0.642. The van der Waals surface area contributed by atoms with E-state index in [1.54, 1.807) is 29.6 Å². The van der Waals surface area contributed by atoms with E-state index in [0.717, 1.165) is 22.4 Å². The third kappa shape index (κ3) is 5.31. The second kappa shape index (κ2) is 9.19. The van der Waals surface area contributed by atoms with Crippen LogP contribution < -0.4 is 15.0 Å². The molecule has 2 aromatic heterocycles. The van der Waals surface area contributed by atoms with Gasteiger partial charge in [0.15, 0.2) is 0 Å². The van der Waals surface area contributed by atoms with E-state index in [4.69, 9.17) is 4.74 Å². The van der Waals surface area contributed by atoms with E-state index in [9.17, 15) is 4.79 Å². The number of nitrogens with zero attached hydrogens (tertiary/aromatic N) is 3. The summed E-state index contributed by atoms with van der Waals surface area (Å²) < 4.78 is 5.93. The predicted octanol–water partition coefficient (Wildman–Crippen LogP) is 5.01. The van der Waals surface area contributed by atoms with Crippen LogP contribution in [0.15, 0.2) is 61.1 Å². The van der Waals surface area contributed by atoms with E-state index in [2.05, 4.69) is 15.3 Å². The lowest BCUT2D eigenvalue weighted by Gasteiger charge is -2.24. The molecule has 150 valence electrons. The van der Waals surface area contributed by atoms with Crippen LogP contribution in [0.2, 0.25) is 0 Å². The van der Waals surface area contributed by atoms with Gasteiger partial charge in [-0.1, -0.05) is 18.2 Å². The fourth-order valence-electron chi connectivity index (χ4n) is 2.82. The molecular weight excluding hydrogens is 364 g/mol. The molecule has 1 aromatic carbocycles. The molecule has 6 heteroatoms. The summed E-state index contributed by atoms with van der Waals surface area (Å²) >= 11 is 0. The zero-order valence-corrected chi connectivity index (χ0v) is 17.2. The molecule has 3 rings (SSSR count). The van der Waals surface area contributed by atoms with Gasteiger partial charge in [0.2, 0.25) is 5.88 Å². The minimum Gasteiger partial charge on any atom is -0.439 e. The molecule has 0 unspecified atom stereocenters. The number of amides is 2. The summed E-state index contributed by atoms with van der Waals surface area (Å²) in [5, 5.41) is 2.94. The van der Waals surface area contributed by atoms with Gasteiger partial charge in [-0.15, -0.1) is 0 Å². The maximum Gasteiger partial charge on any atom is 0.322 e. The van der Waals surface area contributed by atoms with Crippen molar-refractivity contribution in [1.29, 1.82) is 0 Å². The largest absolute Gasteiger partial charge is 0.439 e. The molecule has 2 amide bonds. The van der Waals surface area contributed by atoms with Gasteiger partial charge in [0.05, 0.1) is 18.4 Å². The molecule has 0 radical (unpaired) electrons. The Morgan fingerprint density at radius 1 is 1.10 bits per heavy atom. The summed E-state index contributed by atoms with van der Waals surface area (Å²) in [6, 6.07) is 13.2. The maximum absolute atomic E-state index is 12.8. The summed E-state index contributed by atoms with van der Waals surface area (Å²) in [4.78, 5) is 22.9. The van der Waals surface area contributed by atoms with Crippen molar-refractivity contribution in [2.45, 2.75) is 40.3 Å². The molecule has 0 bridgehead atoms. The first-order chi connectivity index (χ1) is 13.9. The Kier molecular flexibility index (Phi) is 6.44. The lowest BCUT2D eigenvalue weighted by Crippen LogP contribution is -2.42. The molecular formula is C23H26N4O2. The van der Waals surface area contributed by atoms with Crippen LogP contribution in [0.1, 0.15) is 30.5 Å². The van der Waals surface area contributed by atoms with Crippen molar-refractivity contribution in [3.05, 3.63) is 77.7 Å². The number of hydrogen-bond acceptors (Lipinski definition) is 4. The summed E-state index contributed by atoms with van der Waals surface area (Å²) in [7, 11) is 0. The molecule has 0 spiro atoms. The van der Waals surface area contributed by atoms with Crippen molar-refractivity contribution < 1.29 is 9.53 Å². The van der Waals surface area contributed by atoms with Crippen LogP contribution in [0, 0.1) is 13.8 Å². The number of benzene rings is 1. The maximum atomic E-state index is 12.8. The molecule has 3 aromatic rings. The van der Waals surface area contributed by atoms with Gasteiger partial charge in [0.25, 0.3) is 0 Å². The van der Waals surface area contributed by atoms with Crippen LogP contribution in [-0.2, 0) is 6.54 Å². The Bertz CT molecular complexity index is 956. The highest BCUT2D eigenvalue weighted by molar-refractivity contribution is 5.91. The van der Waals surface area contributed by atoms with E-state index in [1.165, 1.54) is 0 Å². The van der Waals surface area contributed by atoms with Crippen LogP contribution in [-0.4, -0.2) is 22.0 Å². The molecule has 0 aliphatic rings. The number of carbonyl (C=O) groups is 1. The predicted molar refractivity (Wildman–Crippen MR) is 114 cm³/mol. The Morgan fingerprint density at radius 2 is 1.93 bits per heavy atom. The molecule has 0 saturated heterocycles. The Morgan fingerprint density at radius 3 is 2.59 bits per heavy atom. The van der Waals surface area contributed by atoms with Gasteiger partial charge in [0.1, 0.15) is 5.75 Å². The summed E-state index contributed by atoms with van der Waals surface area (Å²) in [5.41, 5.74) is 3.85. The van der Waals surface area contributed by atoms with Crippen LogP contribution in [0.4, 0.5) is 10.5 Å². The van der Waals surface area contributed by atoms with Crippen molar-refractivity contribution >= 4 is 11.7 Å². The van der Waals surface area contributed by atoms with Crippen LogP contribution >= 0.6 is 0 Å². The number of pyridine rings is 2. The van der Waals surface area contributed by atoms with Crippen LogP contribution in [0.5, 0.6) is 11.6 Å². The van der Waals surface area contributed by atoms with Gasteiger partial charge in [0, 0.05) is 24.5 Å². The average Bonchev–Trinajstić information content (AvgIpc) is 2.70. The number of hydrogen-bond donors (Lipinski definition) is 1. The fourth-order valence-corrected chi connectivity index (χ4v) is 2.82. The lowest BCUT2D eigenvalue weighted by molar-refractivity contribution is 0.243. The highest BCUT2D eigenvalue weighted by atomic mass is 16.5. The number of urea groups is 1. The number of anilines is 1. The van der Waals surface area contributed by atoms with Crippen LogP contribution in [0.25, 0.3) is 0 Å². The third-order valence-electron chi connectivity index (χ3n) is 4.52. The van der Waals surface area contributed by atoms with E-state index < -0.39 is 0 Å². The average molecular weight is 390 g/mol. The minimum absolute atomic E-state index is 0.0266. The first-order valence-corrected chi connectivity index (χ1v) is 9.61. The molecule has 0 saturated carbocycles. The number of aromatic nitrogens is 2. The summed E-state index contributed by atoms with van der Waals surface area (Å²) in [5.74, 6) is 1.25. The van der Waals surface area contributed by atoms with Crippen molar-refractivity contribution in [1.82, 2.24) is 15.3 Å². The molecule has 0 aliphatic heterocycles. The topological polar surface area (TPSA) is 67.3 Å². The van der Waals surface area contributed by atoms with Gasteiger partial charge in [-0.05, 0) is 62.6 Å². The second-order valence-electron chi connectivity index (χ2n) is 7.21. The van der Waals surface area contributed by atoms with Gasteiger partial charge in [-0.25, -0.2) is 9.78 Å². The standard InChI is InChI=1S/C23H26N4O2/c1-16(2)26-23(28)27(15-19-8-6-12-24-13-19)20-10-11-22(25-14-20)29-21-9-5-7-17(3)18(21)4/h5-14,16H,15H2,1-4H3,(H,26,28). The van der Waals surface area contributed by atoms with E-state index in [-0.39, 0.29) is 12.1 Å². The third-order valence-corrected chi connectivity index (χ3v) is 4.52. The molecule has 0 fully saturated rings. The Balaban J connectivity index is 1.82. The first-order valence-electron chi connectivity index (χ1n) is 9.61. The van der Waals surface area contributed by atoms with Crippen LogP contribution in [0.3, 0.4) is 0 Å². The number of carbonyl (C=O) groups excluding carboxylic acids is 1. The van der Waals surface area contributed by atoms with Gasteiger partial charge in [-0.2, -0.15) is 0 Å². The van der Waals surface area contributed by atoms with E-state index in [1.807, 2.05) is 64.1 Å². The summed E-state index contributed by atoms with van der Waals surface area (Å²) in [6.45, 7) is 8.32. The normalized spacial score (nSPS) is 10.7. The highest BCUT2D eigenvalue weighted by Crippen LogP contribution is 2.27. The molecule has 2 heterocycles. The number of rotatable bonds is 6.